The molecule has 0 spiro atoms. The molecule has 9 nitrogen and oxygen atoms in total. The molecule has 2 amide bonds. The van der Waals surface area contributed by atoms with Gasteiger partial charge >= 0.3 is 6.03 Å². The predicted molar refractivity (Wildman–Crippen MR) is 126 cm³/mol. The summed E-state index contributed by atoms with van der Waals surface area (Å²) >= 11 is 0. The van der Waals surface area contributed by atoms with Crippen LogP contribution in [0.3, 0.4) is 0 Å². The van der Waals surface area contributed by atoms with E-state index < -0.39 is 26.7 Å². The van der Waals surface area contributed by atoms with Gasteiger partial charge in [0, 0.05) is 55.5 Å². The molecule has 3 heterocycles. The Balaban J connectivity index is 1.37. The third-order valence-electron chi connectivity index (χ3n) is 6.61. The summed E-state index contributed by atoms with van der Waals surface area (Å²) in [5.74, 6) is 5.09. The minimum atomic E-state index is -3.84. The van der Waals surface area contributed by atoms with Gasteiger partial charge in [0.05, 0.1) is 6.54 Å². The number of carbonyl (C=O) groups excluding carboxylic acids is 2. The fourth-order valence-corrected chi connectivity index (χ4v) is 4.98. The van der Waals surface area contributed by atoms with Gasteiger partial charge in [-0.05, 0) is 37.1 Å². The van der Waals surface area contributed by atoms with Crippen LogP contribution in [0, 0.1) is 11.8 Å². The van der Waals surface area contributed by atoms with E-state index in [1.807, 2.05) is 29.2 Å². The van der Waals surface area contributed by atoms with Crippen LogP contribution in [0.4, 0.5) is 9.18 Å². The molecule has 2 aromatic rings. The van der Waals surface area contributed by atoms with Crippen LogP contribution in [0.25, 0.3) is 0 Å². The predicted octanol–water partition coefficient (Wildman–Crippen LogP) is 1.52. The molecular weight excluding hydrogens is 475 g/mol. The molecule has 11 heteroatoms. The number of halogens is 1. The zero-order valence-corrected chi connectivity index (χ0v) is 20.3. The lowest BCUT2D eigenvalue weighted by Crippen LogP contribution is -2.50. The van der Waals surface area contributed by atoms with Crippen LogP contribution in [0.1, 0.15) is 35.7 Å². The van der Waals surface area contributed by atoms with Crippen molar-refractivity contribution in [3.05, 3.63) is 58.9 Å². The number of alkyl halides is 1. The fraction of sp³-hybridized carbons (Fsp3) is 0.417. The number of nitrogens with zero attached hydrogens (tertiary/aromatic N) is 3. The van der Waals surface area contributed by atoms with Crippen molar-refractivity contribution < 1.29 is 27.6 Å². The van der Waals surface area contributed by atoms with E-state index in [1.54, 1.807) is 12.3 Å². The molecule has 1 saturated heterocycles. The number of rotatable bonds is 7. The molecule has 35 heavy (non-hydrogen) atoms. The van der Waals surface area contributed by atoms with Crippen molar-refractivity contribution >= 4 is 21.8 Å². The van der Waals surface area contributed by atoms with Gasteiger partial charge in [0.2, 0.25) is 0 Å². The molecule has 0 bridgehead atoms. The van der Waals surface area contributed by atoms with E-state index in [0.29, 0.717) is 30.9 Å². The summed E-state index contributed by atoms with van der Waals surface area (Å²) in [6.45, 7) is 3.17. The van der Waals surface area contributed by atoms with Crippen LogP contribution < -0.4 is 5.48 Å². The molecular formula is C24H27FN4O5S. The van der Waals surface area contributed by atoms with Crippen molar-refractivity contribution in [2.24, 2.45) is 0 Å². The fourth-order valence-electron chi connectivity index (χ4n) is 4.13. The zero-order chi connectivity index (χ0) is 25.4. The largest absolute Gasteiger partial charge is 0.328 e. The molecule has 1 aromatic heterocycles. The Morgan fingerprint density at radius 3 is 2.46 bits per heavy atom. The molecule has 2 aliphatic rings. The third kappa shape index (κ3) is 5.10. The summed E-state index contributed by atoms with van der Waals surface area (Å²) in [6.07, 6.45) is 1.67. The van der Waals surface area contributed by atoms with E-state index in [2.05, 4.69) is 11.8 Å². The Hall–Kier alpha value is -3.20. The monoisotopic (exact) mass is 502 g/mol. The van der Waals surface area contributed by atoms with Gasteiger partial charge in [0.25, 0.3) is 5.91 Å². The minimum absolute atomic E-state index is 0.0221. The summed E-state index contributed by atoms with van der Waals surface area (Å²) < 4.78 is 36.8. The first-order valence-electron chi connectivity index (χ1n) is 11.1. The maximum Gasteiger partial charge on any atom is 0.328 e. The van der Waals surface area contributed by atoms with Crippen molar-refractivity contribution in [2.75, 3.05) is 25.9 Å². The van der Waals surface area contributed by atoms with Crippen LogP contribution in [-0.4, -0.2) is 76.7 Å². The van der Waals surface area contributed by atoms with Crippen LogP contribution >= 0.6 is 0 Å². The lowest BCUT2D eigenvalue weighted by atomic mass is 10.1. The first-order chi connectivity index (χ1) is 16.5. The second-order valence-electron chi connectivity index (χ2n) is 9.23. The van der Waals surface area contributed by atoms with Crippen molar-refractivity contribution in [1.82, 2.24) is 19.8 Å². The van der Waals surface area contributed by atoms with E-state index in [4.69, 9.17) is 5.21 Å². The number of likely N-dealkylation sites (tertiary alicyclic amines) is 1. The van der Waals surface area contributed by atoms with Gasteiger partial charge in [-0.25, -0.2) is 23.1 Å². The molecule has 4 rings (SSSR count). The van der Waals surface area contributed by atoms with Gasteiger partial charge in [-0.2, -0.15) is 0 Å². The number of amides is 2. The summed E-state index contributed by atoms with van der Waals surface area (Å²) in [5, 5.41) is 8.94. The van der Waals surface area contributed by atoms with Crippen molar-refractivity contribution in [3.8, 4) is 11.8 Å². The number of nitrogens with one attached hydrogen (secondary N) is 1. The Labute approximate surface area is 203 Å². The number of hydroxylamine groups is 1. The maximum absolute atomic E-state index is 12.9. The van der Waals surface area contributed by atoms with Crippen molar-refractivity contribution in [3.63, 3.8) is 0 Å². The Bertz CT molecular complexity index is 1310. The second-order valence-corrected chi connectivity index (χ2v) is 11.7. The van der Waals surface area contributed by atoms with Gasteiger partial charge in [0.15, 0.2) is 14.6 Å². The van der Waals surface area contributed by atoms with Crippen molar-refractivity contribution in [1.29, 1.82) is 0 Å². The Morgan fingerprint density at radius 1 is 1.23 bits per heavy atom. The Kier molecular flexibility index (Phi) is 6.73. The molecule has 0 unspecified atom stereocenters. The smallest absolute Gasteiger partial charge is 0.318 e. The van der Waals surface area contributed by atoms with Crippen LogP contribution in [-0.2, 0) is 27.7 Å². The lowest BCUT2D eigenvalue weighted by Gasteiger charge is -2.34. The zero-order valence-electron chi connectivity index (χ0n) is 19.5. The van der Waals surface area contributed by atoms with E-state index in [9.17, 15) is 22.4 Å². The average molecular weight is 503 g/mol. The average Bonchev–Trinajstić information content (AvgIpc) is 3.33. The molecule has 1 aromatic carbocycles. The van der Waals surface area contributed by atoms with Gasteiger partial charge < -0.3 is 4.90 Å². The summed E-state index contributed by atoms with van der Waals surface area (Å²) in [7, 11) is -3.84. The highest BCUT2D eigenvalue weighted by atomic mass is 32.2. The molecule has 2 aliphatic heterocycles. The topological polar surface area (TPSA) is 112 Å². The number of hydrogen-bond donors (Lipinski definition) is 2. The van der Waals surface area contributed by atoms with Crippen LogP contribution in [0.5, 0.6) is 0 Å². The first kappa shape index (κ1) is 24.9. The quantitative estimate of drug-likeness (QED) is 0.337. The van der Waals surface area contributed by atoms with Gasteiger partial charge in [-0.3, -0.25) is 19.5 Å². The Morgan fingerprint density at radius 2 is 1.89 bits per heavy atom. The molecule has 186 valence electrons. The van der Waals surface area contributed by atoms with Crippen molar-refractivity contribution in [2.45, 2.75) is 37.4 Å². The highest BCUT2D eigenvalue weighted by molar-refractivity contribution is 7.92. The molecule has 1 fully saturated rings. The van der Waals surface area contributed by atoms with E-state index in [1.165, 1.54) is 21.9 Å². The highest BCUT2D eigenvalue weighted by Gasteiger charge is 2.44. The van der Waals surface area contributed by atoms with Gasteiger partial charge in [0.1, 0.15) is 6.17 Å². The highest BCUT2D eigenvalue weighted by Crippen LogP contribution is 2.25. The molecule has 0 aliphatic carbocycles. The SMILES string of the molecule is C[C@@](CCN1Cc2cc(C#Cc3ccc(CN4CC(F)C4)cc3)cn2C1=O)(C(=O)NO)S(C)(=O)=O. The molecule has 2 N–H and O–H groups in total. The molecule has 0 radical (unpaired) electrons. The number of carbonyl (C=O) groups is 2. The van der Waals surface area contributed by atoms with Gasteiger partial charge in [-0.1, -0.05) is 24.0 Å². The normalized spacial score (nSPS) is 17.8. The lowest BCUT2D eigenvalue weighted by molar-refractivity contribution is -0.131. The summed E-state index contributed by atoms with van der Waals surface area (Å²) in [5.41, 5.74) is 4.71. The first-order valence-corrected chi connectivity index (χ1v) is 13.0. The van der Waals surface area contributed by atoms with E-state index in [0.717, 1.165) is 17.4 Å². The van der Waals surface area contributed by atoms with E-state index >= 15 is 0 Å². The minimum Gasteiger partial charge on any atom is -0.318 e. The second kappa shape index (κ2) is 9.45. The molecule has 0 saturated carbocycles. The standard InChI is InChI=1S/C24H27FN4O5S/c1-24(22(30)26-32,35(2,33)34)9-10-28-16-21-11-19(13-29(21)23(28)31)8-5-17-3-6-18(7-4-17)12-27-14-20(25)15-27/h3-4,6-7,11,13,20,32H,9-10,12,14-16H2,1-2H3,(H,26,30)/t24-/m1/s1. The van der Waals surface area contributed by atoms with Crippen LogP contribution in [0.2, 0.25) is 0 Å². The van der Waals surface area contributed by atoms with E-state index in [-0.39, 0.29) is 25.5 Å². The number of sulfone groups is 1. The summed E-state index contributed by atoms with van der Waals surface area (Å²) in [6, 6.07) is 9.22. The maximum atomic E-state index is 12.9. The molecule has 1 atom stereocenters. The summed E-state index contributed by atoms with van der Waals surface area (Å²) in [4.78, 5) is 28.2. The van der Waals surface area contributed by atoms with Crippen LogP contribution in [0.15, 0.2) is 36.5 Å². The number of benzene rings is 1. The van der Waals surface area contributed by atoms with Gasteiger partial charge in [-0.15, -0.1) is 0 Å². The number of hydrogen-bond acceptors (Lipinski definition) is 6. The third-order valence-corrected chi connectivity index (χ3v) is 8.64. The number of aromatic nitrogens is 1. The number of fused-ring (bicyclic) bond motifs is 1.